The first kappa shape index (κ1) is 21.9. The highest BCUT2D eigenvalue weighted by Crippen LogP contribution is 2.25. The quantitative estimate of drug-likeness (QED) is 0.782. The Morgan fingerprint density at radius 1 is 1.06 bits per heavy atom. The van der Waals surface area contributed by atoms with Gasteiger partial charge in [0.05, 0.1) is 6.04 Å². The molecule has 1 unspecified atom stereocenters. The van der Waals surface area contributed by atoms with Crippen LogP contribution in [0.4, 0.5) is 20.6 Å². The molecule has 2 aromatic carbocycles. The monoisotopic (exact) mass is 436 g/mol. The summed E-state index contributed by atoms with van der Waals surface area (Å²) < 4.78 is 13.1. The number of nitrogens with zero attached hydrogens (tertiary/aromatic N) is 3. The first-order valence-corrected chi connectivity index (χ1v) is 11.0. The third-order valence-electron chi connectivity index (χ3n) is 6.40. The van der Waals surface area contributed by atoms with E-state index in [0.717, 1.165) is 48.4 Å². The molecule has 2 aliphatic heterocycles. The largest absolute Gasteiger partial charge is 0.369 e. The zero-order chi connectivity index (χ0) is 22.7. The Morgan fingerprint density at radius 3 is 2.41 bits per heavy atom. The number of carbonyl (C=O) groups excluding carboxylic acids is 2. The van der Waals surface area contributed by atoms with Crippen LogP contribution < -0.4 is 10.2 Å². The summed E-state index contributed by atoms with van der Waals surface area (Å²) in [6.45, 7) is 4.46. The van der Waals surface area contributed by atoms with Gasteiger partial charge in [-0.25, -0.2) is 9.18 Å². The second-order valence-corrected chi connectivity index (χ2v) is 8.43. The highest BCUT2D eigenvalue weighted by atomic mass is 19.1. The molecule has 1 atom stereocenters. The number of likely N-dealkylation sites (N-methyl/N-ethyl adjacent to an activating group) is 1. The van der Waals surface area contributed by atoms with Gasteiger partial charge in [0.1, 0.15) is 5.82 Å². The fourth-order valence-electron chi connectivity index (χ4n) is 4.29. The molecule has 1 saturated heterocycles. The SMILES string of the molecule is CC(=O)N(C)C1CCN(c2ccc(NC(=O)N3CC=C(c4ccc(F)cc4)CC3)cc2)C1. The van der Waals surface area contributed by atoms with E-state index < -0.39 is 0 Å². The number of amides is 3. The van der Waals surface area contributed by atoms with Crippen molar-refractivity contribution >= 4 is 28.9 Å². The standard InChI is InChI=1S/C25H29FN4O2/c1-18(31)28(2)24-13-16-30(17-24)23-9-7-22(8-10-23)27-25(32)29-14-11-20(12-15-29)19-3-5-21(26)6-4-19/h3-11,24H,12-17H2,1-2H3,(H,27,32). The Balaban J connectivity index is 1.31. The topological polar surface area (TPSA) is 55.9 Å². The van der Waals surface area contributed by atoms with E-state index in [1.165, 1.54) is 12.1 Å². The molecule has 3 amide bonds. The van der Waals surface area contributed by atoms with Crippen LogP contribution in [-0.4, -0.2) is 61.0 Å². The molecule has 0 saturated carbocycles. The van der Waals surface area contributed by atoms with Gasteiger partial charge >= 0.3 is 6.03 Å². The normalized spacial score (nSPS) is 18.3. The smallest absolute Gasteiger partial charge is 0.322 e. The van der Waals surface area contributed by atoms with Crippen LogP contribution in [0.3, 0.4) is 0 Å². The van der Waals surface area contributed by atoms with E-state index in [2.05, 4.69) is 10.2 Å². The fraction of sp³-hybridized carbons (Fsp3) is 0.360. The predicted octanol–water partition coefficient (Wildman–Crippen LogP) is 4.20. The van der Waals surface area contributed by atoms with Crippen molar-refractivity contribution in [2.45, 2.75) is 25.8 Å². The van der Waals surface area contributed by atoms with Gasteiger partial charge in [-0.3, -0.25) is 4.79 Å². The minimum atomic E-state index is -0.245. The molecule has 2 heterocycles. The Hall–Kier alpha value is -3.35. The third kappa shape index (κ3) is 4.93. The van der Waals surface area contributed by atoms with Crippen LogP contribution in [0.25, 0.3) is 5.57 Å². The van der Waals surface area contributed by atoms with Crippen molar-refractivity contribution in [3.63, 3.8) is 0 Å². The minimum Gasteiger partial charge on any atom is -0.369 e. The lowest BCUT2D eigenvalue weighted by Crippen LogP contribution is -2.38. The number of urea groups is 1. The Kier molecular flexibility index (Phi) is 6.44. The molecule has 168 valence electrons. The van der Waals surface area contributed by atoms with E-state index in [4.69, 9.17) is 0 Å². The highest BCUT2D eigenvalue weighted by molar-refractivity contribution is 5.90. The number of hydrogen-bond donors (Lipinski definition) is 1. The summed E-state index contributed by atoms with van der Waals surface area (Å²) in [6, 6.07) is 14.4. The summed E-state index contributed by atoms with van der Waals surface area (Å²) in [5.74, 6) is -0.155. The first-order valence-electron chi connectivity index (χ1n) is 11.0. The molecule has 0 bridgehead atoms. The molecule has 1 N–H and O–H groups in total. The van der Waals surface area contributed by atoms with E-state index in [9.17, 15) is 14.0 Å². The molecular formula is C25H29FN4O2. The molecule has 0 spiro atoms. The van der Waals surface area contributed by atoms with E-state index in [1.807, 2.05) is 42.3 Å². The molecule has 7 heteroatoms. The lowest BCUT2D eigenvalue weighted by atomic mass is 10.00. The minimum absolute atomic E-state index is 0.0901. The van der Waals surface area contributed by atoms with Gasteiger partial charge in [0.2, 0.25) is 5.91 Å². The number of nitrogens with one attached hydrogen (secondary N) is 1. The van der Waals surface area contributed by atoms with Crippen molar-refractivity contribution in [1.82, 2.24) is 9.80 Å². The third-order valence-corrected chi connectivity index (χ3v) is 6.40. The number of halogens is 1. The van der Waals surface area contributed by atoms with Gasteiger partial charge in [-0.2, -0.15) is 0 Å². The lowest BCUT2D eigenvalue weighted by Gasteiger charge is -2.27. The second-order valence-electron chi connectivity index (χ2n) is 8.43. The molecule has 2 aromatic rings. The summed E-state index contributed by atoms with van der Waals surface area (Å²) in [5, 5.41) is 2.97. The van der Waals surface area contributed by atoms with E-state index in [-0.39, 0.29) is 23.8 Å². The predicted molar refractivity (Wildman–Crippen MR) is 125 cm³/mol. The maximum atomic E-state index is 13.1. The molecule has 2 aliphatic rings. The van der Waals surface area contributed by atoms with Crippen LogP contribution in [0, 0.1) is 5.82 Å². The number of rotatable bonds is 4. The molecule has 32 heavy (non-hydrogen) atoms. The van der Waals surface area contributed by atoms with Crippen molar-refractivity contribution in [2.75, 3.05) is 43.4 Å². The van der Waals surface area contributed by atoms with Crippen LogP contribution in [-0.2, 0) is 4.79 Å². The van der Waals surface area contributed by atoms with E-state index >= 15 is 0 Å². The number of anilines is 2. The highest BCUT2D eigenvalue weighted by Gasteiger charge is 2.27. The summed E-state index contributed by atoms with van der Waals surface area (Å²) in [4.78, 5) is 30.1. The fourth-order valence-corrected chi connectivity index (χ4v) is 4.29. The van der Waals surface area contributed by atoms with Crippen LogP contribution in [0.15, 0.2) is 54.6 Å². The molecule has 0 radical (unpaired) electrons. The maximum Gasteiger partial charge on any atom is 0.322 e. The summed E-state index contributed by atoms with van der Waals surface area (Å²) in [7, 11) is 1.85. The van der Waals surface area contributed by atoms with Crippen LogP contribution in [0.5, 0.6) is 0 Å². The van der Waals surface area contributed by atoms with Crippen molar-refractivity contribution < 1.29 is 14.0 Å². The van der Waals surface area contributed by atoms with Gasteiger partial charge in [-0.15, -0.1) is 0 Å². The Bertz CT molecular complexity index is 1000. The van der Waals surface area contributed by atoms with Crippen molar-refractivity contribution in [3.8, 4) is 0 Å². The lowest BCUT2D eigenvalue weighted by molar-refractivity contribution is -0.129. The average molecular weight is 437 g/mol. The zero-order valence-electron chi connectivity index (χ0n) is 18.6. The van der Waals surface area contributed by atoms with Crippen LogP contribution in [0.2, 0.25) is 0 Å². The van der Waals surface area contributed by atoms with E-state index in [1.54, 1.807) is 24.0 Å². The summed E-state index contributed by atoms with van der Waals surface area (Å²) in [6.07, 6.45) is 3.72. The van der Waals surface area contributed by atoms with Crippen LogP contribution in [0.1, 0.15) is 25.3 Å². The molecule has 1 fully saturated rings. The average Bonchev–Trinajstić information content (AvgIpc) is 3.30. The van der Waals surface area contributed by atoms with Gasteiger partial charge in [-0.05, 0) is 60.4 Å². The summed E-state index contributed by atoms with van der Waals surface area (Å²) in [5.41, 5.74) is 3.98. The summed E-state index contributed by atoms with van der Waals surface area (Å²) >= 11 is 0. The van der Waals surface area contributed by atoms with Gasteiger partial charge in [0, 0.05) is 51.5 Å². The van der Waals surface area contributed by atoms with Crippen molar-refractivity contribution in [2.24, 2.45) is 0 Å². The maximum absolute atomic E-state index is 13.1. The molecular weight excluding hydrogens is 407 g/mol. The first-order chi connectivity index (χ1) is 15.4. The molecule has 0 aromatic heterocycles. The Morgan fingerprint density at radius 2 is 1.78 bits per heavy atom. The van der Waals surface area contributed by atoms with Gasteiger partial charge in [0.15, 0.2) is 0 Å². The zero-order valence-corrected chi connectivity index (χ0v) is 18.6. The number of hydrogen-bond acceptors (Lipinski definition) is 3. The second kappa shape index (κ2) is 9.42. The van der Waals surface area contributed by atoms with Crippen LogP contribution >= 0.6 is 0 Å². The van der Waals surface area contributed by atoms with Gasteiger partial charge < -0.3 is 20.0 Å². The molecule has 4 rings (SSSR count). The number of benzene rings is 2. The molecule has 6 nitrogen and oxygen atoms in total. The van der Waals surface area contributed by atoms with Gasteiger partial charge in [0.25, 0.3) is 0 Å². The van der Waals surface area contributed by atoms with Gasteiger partial charge in [-0.1, -0.05) is 18.2 Å². The molecule has 0 aliphatic carbocycles. The Labute approximate surface area is 188 Å². The number of carbonyl (C=O) groups is 2. The van der Waals surface area contributed by atoms with Crippen molar-refractivity contribution in [1.29, 1.82) is 0 Å². The van der Waals surface area contributed by atoms with Crippen molar-refractivity contribution in [3.05, 3.63) is 66.0 Å². The van der Waals surface area contributed by atoms with E-state index in [0.29, 0.717) is 13.1 Å².